The summed E-state index contributed by atoms with van der Waals surface area (Å²) in [5.74, 6) is 0.238. The van der Waals surface area contributed by atoms with E-state index in [1.165, 1.54) is 25.7 Å². The molecule has 0 aromatic rings. The van der Waals surface area contributed by atoms with Gasteiger partial charge in [0, 0.05) is 38.6 Å². The maximum Gasteiger partial charge on any atom is 0.219 e. The van der Waals surface area contributed by atoms with Crippen LogP contribution >= 0.6 is 0 Å². The van der Waals surface area contributed by atoms with Crippen molar-refractivity contribution in [2.75, 3.05) is 26.2 Å². The smallest absolute Gasteiger partial charge is 0.219 e. The Labute approximate surface area is 97.8 Å². The molecule has 1 amide bonds. The molecule has 0 aromatic heterocycles. The fourth-order valence-electron chi connectivity index (χ4n) is 2.71. The Bertz CT molecular complexity index is 253. The number of hydrogen-bond acceptors (Lipinski definition) is 3. The summed E-state index contributed by atoms with van der Waals surface area (Å²) in [7, 11) is 0. The van der Waals surface area contributed by atoms with Crippen LogP contribution in [0.15, 0.2) is 0 Å². The van der Waals surface area contributed by atoms with Crippen LogP contribution in [0.5, 0.6) is 0 Å². The fourth-order valence-corrected chi connectivity index (χ4v) is 2.71. The van der Waals surface area contributed by atoms with E-state index in [4.69, 9.17) is 5.73 Å². The third-order valence-electron chi connectivity index (χ3n) is 3.71. The first-order valence-electron chi connectivity index (χ1n) is 6.43. The number of nitrogens with zero attached hydrogens (tertiary/aromatic N) is 2. The zero-order valence-electron chi connectivity index (χ0n) is 10.2. The van der Waals surface area contributed by atoms with Gasteiger partial charge in [-0.3, -0.25) is 9.69 Å². The molecule has 1 atom stereocenters. The zero-order valence-corrected chi connectivity index (χ0v) is 10.2. The van der Waals surface area contributed by atoms with Gasteiger partial charge in [-0.2, -0.15) is 0 Å². The van der Waals surface area contributed by atoms with Crippen molar-refractivity contribution in [1.82, 2.24) is 9.80 Å². The molecule has 0 aromatic carbocycles. The average molecular weight is 225 g/mol. The van der Waals surface area contributed by atoms with E-state index < -0.39 is 0 Å². The lowest BCUT2D eigenvalue weighted by atomic mass is 10.2. The van der Waals surface area contributed by atoms with Crippen LogP contribution in [0.4, 0.5) is 0 Å². The Morgan fingerprint density at radius 1 is 1.44 bits per heavy atom. The van der Waals surface area contributed by atoms with Gasteiger partial charge in [0.05, 0.1) is 0 Å². The predicted molar refractivity (Wildman–Crippen MR) is 64.1 cm³/mol. The zero-order chi connectivity index (χ0) is 11.5. The third kappa shape index (κ3) is 2.74. The molecule has 1 aliphatic heterocycles. The normalized spacial score (nSPS) is 26.0. The molecule has 0 unspecified atom stereocenters. The molecule has 1 heterocycles. The number of hydrogen-bond donors (Lipinski definition) is 1. The summed E-state index contributed by atoms with van der Waals surface area (Å²) < 4.78 is 0. The standard InChI is InChI=1S/C12H23N3O/c1-10(16)15(11-4-5-11)9-12-3-2-7-14(12)8-6-13/h11-12H,2-9,13H2,1H3/t12-/m1/s1. The summed E-state index contributed by atoms with van der Waals surface area (Å²) in [6.45, 7) is 5.46. The first-order valence-corrected chi connectivity index (χ1v) is 6.43. The maximum atomic E-state index is 11.6. The largest absolute Gasteiger partial charge is 0.338 e. The van der Waals surface area contributed by atoms with E-state index in [9.17, 15) is 4.79 Å². The molecule has 1 saturated carbocycles. The molecule has 0 spiro atoms. The average Bonchev–Trinajstić information content (AvgIpc) is 2.98. The predicted octanol–water partition coefficient (Wildman–Crippen LogP) is 0.420. The minimum absolute atomic E-state index is 0.238. The van der Waals surface area contributed by atoms with E-state index >= 15 is 0 Å². The molecule has 0 radical (unpaired) electrons. The second kappa shape index (κ2) is 5.15. The van der Waals surface area contributed by atoms with Crippen molar-refractivity contribution < 1.29 is 4.79 Å². The second-order valence-corrected chi connectivity index (χ2v) is 5.02. The highest BCUT2D eigenvalue weighted by Gasteiger charge is 2.34. The van der Waals surface area contributed by atoms with Gasteiger partial charge >= 0.3 is 0 Å². The van der Waals surface area contributed by atoms with Crippen LogP contribution in [0.2, 0.25) is 0 Å². The quantitative estimate of drug-likeness (QED) is 0.738. The topological polar surface area (TPSA) is 49.6 Å². The molecular weight excluding hydrogens is 202 g/mol. The highest BCUT2D eigenvalue weighted by atomic mass is 16.2. The van der Waals surface area contributed by atoms with E-state index in [2.05, 4.69) is 9.80 Å². The van der Waals surface area contributed by atoms with Gasteiger partial charge in [0.2, 0.25) is 5.91 Å². The second-order valence-electron chi connectivity index (χ2n) is 5.02. The Balaban J connectivity index is 1.88. The van der Waals surface area contributed by atoms with Gasteiger partial charge in [0.15, 0.2) is 0 Å². The van der Waals surface area contributed by atoms with Crippen LogP contribution in [0.3, 0.4) is 0 Å². The summed E-state index contributed by atoms with van der Waals surface area (Å²) in [6.07, 6.45) is 4.87. The third-order valence-corrected chi connectivity index (χ3v) is 3.71. The number of carbonyl (C=O) groups is 1. The van der Waals surface area contributed by atoms with Crippen molar-refractivity contribution in [2.45, 2.75) is 44.7 Å². The number of rotatable bonds is 5. The van der Waals surface area contributed by atoms with Gasteiger partial charge < -0.3 is 10.6 Å². The summed E-state index contributed by atoms with van der Waals surface area (Å²) in [6, 6.07) is 1.09. The molecule has 1 saturated heterocycles. The monoisotopic (exact) mass is 225 g/mol. The van der Waals surface area contributed by atoms with E-state index in [0.717, 1.165) is 26.2 Å². The van der Waals surface area contributed by atoms with Gasteiger partial charge in [-0.25, -0.2) is 0 Å². The first kappa shape index (κ1) is 11.9. The molecular formula is C12H23N3O. The summed E-state index contributed by atoms with van der Waals surface area (Å²) in [4.78, 5) is 16.1. The minimum atomic E-state index is 0.238. The minimum Gasteiger partial charge on any atom is -0.338 e. The first-order chi connectivity index (χ1) is 7.72. The van der Waals surface area contributed by atoms with Crippen LogP contribution in [0, 0.1) is 0 Å². The summed E-state index contributed by atoms with van der Waals surface area (Å²) in [5, 5.41) is 0. The highest BCUT2D eigenvalue weighted by Crippen LogP contribution is 2.29. The summed E-state index contributed by atoms with van der Waals surface area (Å²) in [5.41, 5.74) is 5.61. The Morgan fingerprint density at radius 3 is 2.75 bits per heavy atom. The maximum absolute atomic E-state index is 11.6. The van der Waals surface area contributed by atoms with E-state index in [0.29, 0.717) is 12.1 Å². The van der Waals surface area contributed by atoms with Crippen LogP contribution in [0.25, 0.3) is 0 Å². The van der Waals surface area contributed by atoms with E-state index in [-0.39, 0.29) is 5.91 Å². The molecule has 92 valence electrons. The molecule has 2 N–H and O–H groups in total. The molecule has 2 fully saturated rings. The van der Waals surface area contributed by atoms with Gasteiger partial charge in [0.1, 0.15) is 0 Å². The number of carbonyl (C=O) groups excluding carboxylic acids is 1. The lowest BCUT2D eigenvalue weighted by Crippen LogP contribution is -2.44. The van der Waals surface area contributed by atoms with Crippen molar-refractivity contribution >= 4 is 5.91 Å². The SMILES string of the molecule is CC(=O)N(C[C@H]1CCCN1CCN)C1CC1. The van der Waals surface area contributed by atoms with Crippen molar-refractivity contribution in [1.29, 1.82) is 0 Å². The molecule has 4 heteroatoms. The van der Waals surface area contributed by atoms with Gasteiger partial charge in [-0.15, -0.1) is 0 Å². The summed E-state index contributed by atoms with van der Waals surface area (Å²) >= 11 is 0. The molecule has 2 rings (SSSR count). The fraction of sp³-hybridized carbons (Fsp3) is 0.917. The molecule has 0 bridgehead atoms. The van der Waals surface area contributed by atoms with Crippen molar-refractivity contribution in [2.24, 2.45) is 5.73 Å². The van der Waals surface area contributed by atoms with E-state index in [1.807, 2.05) is 0 Å². The highest BCUT2D eigenvalue weighted by molar-refractivity contribution is 5.74. The van der Waals surface area contributed by atoms with Crippen LogP contribution < -0.4 is 5.73 Å². The Kier molecular flexibility index (Phi) is 3.82. The number of nitrogens with two attached hydrogens (primary N) is 1. The van der Waals surface area contributed by atoms with Crippen molar-refractivity contribution in [3.63, 3.8) is 0 Å². The lowest BCUT2D eigenvalue weighted by molar-refractivity contribution is -0.130. The van der Waals surface area contributed by atoms with Crippen molar-refractivity contribution in [3.05, 3.63) is 0 Å². The number of amides is 1. The lowest BCUT2D eigenvalue weighted by Gasteiger charge is -2.30. The Hall–Kier alpha value is -0.610. The van der Waals surface area contributed by atoms with Crippen LogP contribution in [-0.2, 0) is 4.79 Å². The van der Waals surface area contributed by atoms with Gasteiger partial charge in [-0.1, -0.05) is 0 Å². The van der Waals surface area contributed by atoms with E-state index in [1.54, 1.807) is 6.92 Å². The van der Waals surface area contributed by atoms with Gasteiger partial charge in [0.25, 0.3) is 0 Å². The van der Waals surface area contributed by atoms with Gasteiger partial charge in [-0.05, 0) is 32.2 Å². The Morgan fingerprint density at radius 2 is 2.19 bits per heavy atom. The molecule has 16 heavy (non-hydrogen) atoms. The molecule has 2 aliphatic rings. The van der Waals surface area contributed by atoms with Crippen molar-refractivity contribution in [3.8, 4) is 0 Å². The molecule has 4 nitrogen and oxygen atoms in total. The number of likely N-dealkylation sites (tertiary alicyclic amines) is 1. The molecule has 1 aliphatic carbocycles. The van der Waals surface area contributed by atoms with Crippen LogP contribution in [-0.4, -0.2) is 54.0 Å². The van der Waals surface area contributed by atoms with Crippen LogP contribution in [0.1, 0.15) is 32.6 Å².